The van der Waals surface area contributed by atoms with E-state index >= 15 is 0 Å². The van der Waals surface area contributed by atoms with Gasteiger partial charge in [-0.2, -0.15) is 0 Å². The summed E-state index contributed by atoms with van der Waals surface area (Å²) in [5, 5.41) is 4.13. The largest absolute Gasteiger partial charge is 0.369 e. The molecule has 0 aliphatic heterocycles. The second-order valence-corrected chi connectivity index (χ2v) is 7.83. The Hall–Kier alpha value is -0.830. The summed E-state index contributed by atoms with van der Waals surface area (Å²) in [5.41, 5.74) is 1.30. The first-order valence-corrected chi connectivity index (χ1v) is 8.44. The van der Waals surface area contributed by atoms with Gasteiger partial charge in [0, 0.05) is 17.5 Å². The highest BCUT2D eigenvalue weighted by atomic mass is 35.5. The first-order valence-electron chi connectivity index (χ1n) is 8.06. The molecule has 1 N–H and O–H groups in total. The van der Waals surface area contributed by atoms with Gasteiger partial charge in [-0.3, -0.25) is 0 Å². The Morgan fingerprint density at radius 1 is 1.19 bits per heavy atom. The fourth-order valence-corrected chi connectivity index (χ4v) is 3.22. The molecular formula is C17H28ClN3. The number of hydrogen-bond acceptors (Lipinski definition) is 3. The molecule has 0 spiro atoms. The molecule has 1 aromatic rings. The van der Waals surface area contributed by atoms with Crippen molar-refractivity contribution in [2.45, 2.75) is 72.1 Å². The van der Waals surface area contributed by atoms with Crippen LogP contribution < -0.4 is 5.32 Å². The van der Waals surface area contributed by atoms with Crippen LogP contribution >= 0.6 is 11.6 Å². The number of nitrogens with zero attached hydrogens (tertiary/aromatic N) is 2. The third-order valence-corrected chi connectivity index (χ3v) is 5.17. The maximum atomic E-state index is 6.30. The second kappa shape index (κ2) is 6.12. The van der Waals surface area contributed by atoms with E-state index in [2.05, 4.69) is 38.0 Å². The van der Waals surface area contributed by atoms with Crippen LogP contribution in [-0.4, -0.2) is 16.5 Å². The molecule has 1 aliphatic carbocycles. The summed E-state index contributed by atoms with van der Waals surface area (Å²) in [7, 11) is 0. The maximum absolute atomic E-state index is 6.30. The van der Waals surface area contributed by atoms with E-state index in [0.717, 1.165) is 23.8 Å². The van der Waals surface area contributed by atoms with E-state index in [4.69, 9.17) is 16.6 Å². The second-order valence-electron chi connectivity index (χ2n) is 7.48. The SMILES string of the molecule is CCC1(CNc2nc(C(C)(C)C)nc(Cl)c2C)CCCC1. The van der Waals surface area contributed by atoms with Crippen LogP contribution in [0.3, 0.4) is 0 Å². The van der Waals surface area contributed by atoms with Gasteiger partial charge in [-0.1, -0.05) is 52.1 Å². The third-order valence-electron chi connectivity index (χ3n) is 4.80. The molecule has 0 atom stereocenters. The van der Waals surface area contributed by atoms with E-state index < -0.39 is 0 Å². The lowest BCUT2D eigenvalue weighted by atomic mass is 9.83. The first-order chi connectivity index (χ1) is 9.77. The van der Waals surface area contributed by atoms with Gasteiger partial charge in [0.2, 0.25) is 0 Å². The summed E-state index contributed by atoms with van der Waals surface area (Å²) in [5.74, 6) is 1.71. The molecule has 1 heterocycles. The molecule has 21 heavy (non-hydrogen) atoms. The molecule has 4 heteroatoms. The van der Waals surface area contributed by atoms with E-state index in [0.29, 0.717) is 10.6 Å². The van der Waals surface area contributed by atoms with E-state index in [9.17, 15) is 0 Å². The van der Waals surface area contributed by atoms with Crippen molar-refractivity contribution in [1.82, 2.24) is 9.97 Å². The molecule has 1 aliphatic rings. The monoisotopic (exact) mass is 309 g/mol. The fourth-order valence-electron chi connectivity index (χ4n) is 3.05. The van der Waals surface area contributed by atoms with Crippen LogP contribution in [0.25, 0.3) is 0 Å². The van der Waals surface area contributed by atoms with Crippen molar-refractivity contribution in [3.05, 3.63) is 16.5 Å². The molecule has 1 saturated carbocycles. The van der Waals surface area contributed by atoms with Gasteiger partial charge < -0.3 is 5.32 Å². The van der Waals surface area contributed by atoms with Crippen molar-refractivity contribution in [3.63, 3.8) is 0 Å². The molecule has 0 saturated heterocycles. The Morgan fingerprint density at radius 2 is 1.81 bits per heavy atom. The summed E-state index contributed by atoms with van der Waals surface area (Å²) in [6, 6.07) is 0. The molecule has 0 bridgehead atoms. The minimum Gasteiger partial charge on any atom is -0.369 e. The Bertz CT molecular complexity index is 499. The van der Waals surface area contributed by atoms with Crippen LogP contribution in [0.1, 0.15) is 71.2 Å². The van der Waals surface area contributed by atoms with E-state index in [1.165, 1.54) is 32.1 Å². The Kier molecular flexibility index (Phi) is 4.82. The van der Waals surface area contributed by atoms with Gasteiger partial charge in [-0.15, -0.1) is 0 Å². The molecule has 1 aromatic heterocycles. The average Bonchev–Trinajstić information content (AvgIpc) is 2.88. The van der Waals surface area contributed by atoms with E-state index in [1.807, 2.05) is 6.92 Å². The Morgan fingerprint density at radius 3 is 2.33 bits per heavy atom. The van der Waals surface area contributed by atoms with E-state index in [-0.39, 0.29) is 5.41 Å². The molecule has 2 rings (SSSR count). The summed E-state index contributed by atoms with van der Waals surface area (Å²) in [6.45, 7) is 11.6. The Balaban J connectivity index is 2.21. The van der Waals surface area contributed by atoms with Gasteiger partial charge in [0.15, 0.2) is 0 Å². The predicted molar refractivity (Wildman–Crippen MR) is 90.2 cm³/mol. The number of rotatable bonds is 4. The minimum atomic E-state index is -0.0937. The summed E-state index contributed by atoms with van der Waals surface area (Å²) >= 11 is 6.30. The molecule has 0 radical (unpaired) electrons. The zero-order chi connectivity index (χ0) is 15.7. The number of aromatic nitrogens is 2. The lowest BCUT2D eigenvalue weighted by molar-refractivity contribution is 0.306. The maximum Gasteiger partial charge on any atom is 0.137 e. The highest BCUT2D eigenvalue weighted by molar-refractivity contribution is 6.30. The van der Waals surface area contributed by atoms with Gasteiger partial charge >= 0.3 is 0 Å². The van der Waals surface area contributed by atoms with Crippen LogP contribution in [0.4, 0.5) is 5.82 Å². The van der Waals surface area contributed by atoms with Crippen LogP contribution in [0.2, 0.25) is 5.15 Å². The summed E-state index contributed by atoms with van der Waals surface area (Å²) in [4.78, 5) is 9.16. The lowest BCUT2D eigenvalue weighted by Crippen LogP contribution is -2.27. The standard InChI is InChI=1S/C17H28ClN3/c1-6-17(9-7-8-10-17)11-19-14-12(2)13(18)20-15(21-14)16(3,4)5/h6-11H2,1-5H3,(H,19,20,21). The van der Waals surface area contributed by atoms with Gasteiger partial charge in [-0.05, 0) is 31.6 Å². The van der Waals surface area contributed by atoms with Crippen molar-refractivity contribution in [2.24, 2.45) is 5.41 Å². The normalized spacial score (nSPS) is 18.0. The summed E-state index contributed by atoms with van der Waals surface area (Å²) < 4.78 is 0. The molecule has 3 nitrogen and oxygen atoms in total. The number of halogens is 1. The van der Waals surface area contributed by atoms with Crippen LogP contribution in [0.5, 0.6) is 0 Å². The summed E-state index contributed by atoms with van der Waals surface area (Å²) in [6.07, 6.45) is 6.57. The van der Waals surface area contributed by atoms with Gasteiger partial charge in [0.1, 0.15) is 16.8 Å². The first kappa shape index (κ1) is 16.5. The molecular weight excluding hydrogens is 282 g/mol. The predicted octanol–water partition coefficient (Wildman–Crippen LogP) is 5.12. The number of hydrogen-bond donors (Lipinski definition) is 1. The zero-order valence-electron chi connectivity index (χ0n) is 14.0. The van der Waals surface area contributed by atoms with Crippen molar-refractivity contribution in [1.29, 1.82) is 0 Å². The quantitative estimate of drug-likeness (QED) is 0.785. The average molecular weight is 310 g/mol. The fraction of sp³-hybridized carbons (Fsp3) is 0.765. The van der Waals surface area contributed by atoms with Crippen molar-refractivity contribution < 1.29 is 0 Å². The number of nitrogens with one attached hydrogen (secondary N) is 1. The van der Waals surface area contributed by atoms with Gasteiger partial charge in [-0.25, -0.2) is 9.97 Å². The highest BCUT2D eigenvalue weighted by Crippen LogP contribution is 2.41. The highest BCUT2D eigenvalue weighted by Gasteiger charge is 2.32. The van der Waals surface area contributed by atoms with Crippen molar-refractivity contribution in [2.75, 3.05) is 11.9 Å². The topological polar surface area (TPSA) is 37.8 Å². The molecule has 118 valence electrons. The molecule has 0 unspecified atom stereocenters. The third kappa shape index (κ3) is 3.68. The van der Waals surface area contributed by atoms with Gasteiger partial charge in [0.05, 0.1) is 0 Å². The van der Waals surface area contributed by atoms with Crippen LogP contribution in [-0.2, 0) is 5.41 Å². The van der Waals surface area contributed by atoms with Crippen molar-refractivity contribution in [3.8, 4) is 0 Å². The van der Waals surface area contributed by atoms with Crippen molar-refractivity contribution >= 4 is 17.4 Å². The molecule has 0 aromatic carbocycles. The zero-order valence-corrected chi connectivity index (χ0v) is 14.8. The minimum absolute atomic E-state index is 0.0937. The van der Waals surface area contributed by atoms with E-state index in [1.54, 1.807) is 0 Å². The number of anilines is 1. The van der Waals surface area contributed by atoms with Crippen LogP contribution in [0, 0.1) is 12.3 Å². The van der Waals surface area contributed by atoms with Crippen LogP contribution in [0.15, 0.2) is 0 Å². The lowest BCUT2D eigenvalue weighted by Gasteiger charge is -2.29. The molecule has 0 amide bonds. The smallest absolute Gasteiger partial charge is 0.137 e. The Labute approximate surface area is 133 Å². The molecule has 1 fully saturated rings. The van der Waals surface area contributed by atoms with Gasteiger partial charge in [0.25, 0.3) is 0 Å².